The molecule has 0 saturated carbocycles. The molecule has 7 nitrogen and oxygen atoms in total. The first-order chi connectivity index (χ1) is 9.10. The summed E-state index contributed by atoms with van der Waals surface area (Å²) in [6.45, 7) is 4.46. The van der Waals surface area contributed by atoms with Gasteiger partial charge in [-0.15, -0.1) is 0 Å². The number of aryl methyl sites for hydroxylation is 1. The van der Waals surface area contributed by atoms with Crippen molar-refractivity contribution in [3.63, 3.8) is 0 Å². The molecule has 7 heteroatoms. The number of carbonyl (C=O) groups is 2. The zero-order valence-corrected chi connectivity index (χ0v) is 10.9. The molecular formula is C12H18N4O3. The van der Waals surface area contributed by atoms with Gasteiger partial charge in [-0.05, 0) is 13.0 Å². The molecule has 1 aromatic rings. The fraction of sp³-hybridized carbons (Fsp3) is 0.500. The number of nitrogen functional groups attached to an aromatic ring is 1. The Labute approximate surface area is 111 Å². The molecule has 0 aromatic carbocycles. The molecule has 2 amide bonds. The second-order valence-corrected chi connectivity index (χ2v) is 4.57. The van der Waals surface area contributed by atoms with E-state index in [9.17, 15) is 9.59 Å². The summed E-state index contributed by atoms with van der Waals surface area (Å²) in [6, 6.07) is 1.82. The maximum absolute atomic E-state index is 11.4. The van der Waals surface area contributed by atoms with Crippen molar-refractivity contribution in [1.82, 2.24) is 15.6 Å². The number of amides is 2. The minimum Gasteiger partial charge on any atom is -0.454 e. The van der Waals surface area contributed by atoms with Crippen molar-refractivity contribution in [3.8, 4) is 0 Å². The summed E-state index contributed by atoms with van der Waals surface area (Å²) < 4.78 is 5.50. The standard InChI is InChI=1S/C12H18N4O3/c1-8-6-9(19-11(8)12(18)15-13)7-16-4-2-10(17)14-3-5-16/h6H,2-5,7,13H2,1H3,(H,14,17)(H,15,18). The van der Waals surface area contributed by atoms with Crippen molar-refractivity contribution in [1.29, 1.82) is 0 Å². The van der Waals surface area contributed by atoms with Crippen LogP contribution in [0.25, 0.3) is 0 Å². The van der Waals surface area contributed by atoms with E-state index in [0.29, 0.717) is 31.8 Å². The Kier molecular flexibility index (Phi) is 4.18. The van der Waals surface area contributed by atoms with Gasteiger partial charge in [0.05, 0.1) is 6.54 Å². The highest BCUT2D eigenvalue weighted by molar-refractivity contribution is 5.92. The van der Waals surface area contributed by atoms with Gasteiger partial charge in [-0.25, -0.2) is 5.84 Å². The van der Waals surface area contributed by atoms with Crippen LogP contribution in [0.3, 0.4) is 0 Å². The number of furan rings is 1. The van der Waals surface area contributed by atoms with Crippen LogP contribution < -0.4 is 16.6 Å². The summed E-state index contributed by atoms with van der Waals surface area (Å²) in [6.07, 6.45) is 0.482. The lowest BCUT2D eigenvalue weighted by atomic mass is 10.2. The van der Waals surface area contributed by atoms with Crippen LogP contribution in [0.1, 0.15) is 28.3 Å². The number of nitrogens with two attached hydrogens (primary N) is 1. The number of hydrazine groups is 1. The van der Waals surface area contributed by atoms with E-state index in [4.69, 9.17) is 10.3 Å². The van der Waals surface area contributed by atoms with Crippen LogP contribution in [0.5, 0.6) is 0 Å². The monoisotopic (exact) mass is 266 g/mol. The largest absolute Gasteiger partial charge is 0.454 e. The van der Waals surface area contributed by atoms with Crippen LogP contribution in [0, 0.1) is 6.92 Å². The molecule has 0 atom stereocenters. The second-order valence-electron chi connectivity index (χ2n) is 4.57. The van der Waals surface area contributed by atoms with Crippen LogP contribution in [-0.2, 0) is 11.3 Å². The average Bonchev–Trinajstić information content (AvgIpc) is 2.62. The summed E-state index contributed by atoms with van der Waals surface area (Å²) in [4.78, 5) is 24.8. The predicted molar refractivity (Wildman–Crippen MR) is 68.0 cm³/mol. The number of hydrogen-bond donors (Lipinski definition) is 3. The van der Waals surface area contributed by atoms with E-state index in [-0.39, 0.29) is 11.7 Å². The lowest BCUT2D eigenvalue weighted by Crippen LogP contribution is -2.30. The van der Waals surface area contributed by atoms with Crippen molar-refractivity contribution in [3.05, 3.63) is 23.2 Å². The maximum atomic E-state index is 11.4. The fourth-order valence-electron chi connectivity index (χ4n) is 2.11. The van der Waals surface area contributed by atoms with Gasteiger partial charge in [0.15, 0.2) is 5.76 Å². The Morgan fingerprint density at radius 3 is 3.11 bits per heavy atom. The van der Waals surface area contributed by atoms with Crippen molar-refractivity contribution in [2.24, 2.45) is 5.84 Å². The lowest BCUT2D eigenvalue weighted by Gasteiger charge is -2.16. The molecule has 2 heterocycles. The van der Waals surface area contributed by atoms with Gasteiger partial charge in [-0.1, -0.05) is 0 Å². The maximum Gasteiger partial charge on any atom is 0.301 e. The number of carbonyl (C=O) groups excluding carboxylic acids is 2. The van der Waals surface area contributed by atoms with E-state index in [2.05, 4.69) is 15.6 Å². The second kappa shape index (κ2) is 5.85. The molecule has 0 radical (unpaired) electrons. The highest BCUT2D eigenvalue weighted by atomic mass is 16.4. The Balaban J connectivity index is 2.03. The Morgan fingerprint density at radius 1 is 1.58 bits per heavy atom. The molecular weight excluding hydrogens is 248 g/mol. The van der Waals surface area contributed by atoms with Gasteiger partial charge in [0.25, 0.3) is 0 Å². The highest BCUT2D eigenvalue weighted by Crippen LogP contribution is 2.16. The summed E-state index contributed by atoms with van der Waals surface area (Å²) in [5.74, 6) is 5.66. The van der Waals surface area contributed by atoms with Crippen LogP contribution in [-0.4, -0.2) is 36.3 Å². The van der Waals surface area contributed by atoms with E-state index in [1.807, 2.05) is 6.07 Å². The number of nitrogens with one attached hydrogen (secondary N) is 2. The smallest absolute Gasteiger partial charge is 0.301 e. The minimum absolute atomic E-state index is 0.0707. The molecule has 1 aliphatic rings. The summed E-state index contributed by atoms with van der Waals surface area (Å²) in [7, 11) is 0. The van der Waals surface area contributed by atoms with Crippen LogP contribution in [0.2, 0.25) is 0 Å². The van der Waals surface area contributed by atoms with Gasteiger partial charge in [-0.3, -0.25) is 19.9 Å². The average molecular weight is 266 g/mol. The first kappa shape index (κ1) is 13.6. The summed E-state index contributed by atoms with van der Waals surface area (Å²) in [5.41, 5.74) is 2.81. The minimum atomic E-state index is -0.434. The molecule has 1 aliphatic heterocycles. The highest BCUT2D eigenvalue weighted by Gasteiger charge is 2.18. The third kappa shape index (κ3) is 3.33. The molecule has 2 rings (SSSR count). The quantitative estimate of drug-likeness (QED) is 0.389. The lowest BCUT2D eigenvalue weighted by molar-refractivity contribution is -0.120. The zero-order chi connectivity index (χ0) is 13.8. The third-order valence-corrected chi connectivity index (χ3v) is 3.09. The van der Waals surface area contributed by atoms with Crippen LogP contribution >= 0.6 is 0 Å². The summed E-state index contributed by atoms with van der Waals surface area (Å²) >= 11 is 0. The predicted octanol–water partition coefficient (Wildman–Crippen LogP) is -0.487. The van der Waals surface area contributed by atoms with E-state index in [1.165, 1.54) is 0 Å². The van der Waals surface area contributed by atoms with E-state index < -0.39 is 5.91 Å². The Hall–Kier alpha value is -1.86. The van der Waals surface area contributed by atoms with E-state index in [0.717, 1.165) is 12.1 Å². The normalized spacial score (nSPS) is 16.8. The number of hydrogen-bond acceptors (Lipinski definition) is 5. The molecule has 104 valence electrons. The van der Waals surface area contributed by atoms with Crippen LogP contribution in [0.15, 0.2) is 10.5 Å². The van der Waals surface area contributed by atoms with Crippen molar-refractivity contribution >= 4 is 11.8 Å². The molecule has 1 saturated heterocycles. The zero-order valence-electron chi connectivity index (χ0n) is 10.9. The molecule has 19 heavy (non-hydrogen) atoms. The first-order valence-corrected chi connectivity index (χ1v) is 6.19. The molecule has 0 spiro atoms. The fourth-order valence-corrected chi connectivity index (χ4v) is 2.11. The Morgan fingerprint density at radius 2 is 2.37 bits per heavy atom. The van der Waals surface area contributed by atoms with Gasteiger partial charge < -0.3 is 9.73 Å². The molecule has 1 fully saturated rings. The van der Waals surface area contributed by atoms with Gasteiger partial charge in [0.2, 0.25) is 5.91 Å². The molecule has 4 N–H and O–H groups in total. The van der Waals surface area contributed by atoms with Gasteiger partial charge in [0.1, 0.15) is 5.76 Å². The van der Waals surface area contributed by atoms with E-state index in [1.54, 1.807) is 6.92 Å². The topological polar surface area (TPSA) is 101 Å². The SMILES string of the molecule is Cc1cc(CN2CCNC(=O)CC2)oc1C(=O)NN. The molecule has 0 aliphatic carbocycles. The van der Waals surface area contributed by atoms with Crippen molar-refractivity contribution in [2.45, 2.75) is 19.9 Å². The molecule has 1 aromatic heterocycles. The number of nitrogens with zero attached hydrogens (tertiary/aromatic N) is 1. The first-order valence-electron chi connectivity index (χ1n) is 6.19. The van der Waals surface area contributed by atoms with Crippen LogP contribution in [0.4, 0.5) is 0 Å². The third-order valence-electron chi connectivity index (χ3n) is 3.09. The molecule has 0 bridgehead atoms. The van der Waals surface area contributed by atoms with Gasteiger partial charge in [-0.2, -0.15) is 0 Å². The summed E-state index contributed by atoms with van der Waals surface area (Å²) in [5, 5.41) is 2.81. The Bertz CT molecular complexity index is 483. The van der Waals surface area contributed by atoms with Crippen molar-refractivity contribution in [2.75, 3.05) is 19.6 Å². The van der Waals surface area contributed by atoms with Crippen molar-refractivity contribution < 1.29 is 14.0 Å². The van der Waals surface area contributed by atoms with E-state index >= 15 is 0 Å². The molecule has 0 unspecified atom stereocenters. The van der Waals surface area contributed by atoms with Gasteiger partial charge in [0, 0.05) is 31.6 Å². The number of rotatable bonds is 3. The van der Waals surface area contributed by atoms with Gasteiger partial charge >= 0.3 is 5.91 Å².